The Bertz CT molecular complexity index is 1210. The van der Waals surface area contributed by atoms with Crippen LogP contribution in [0.1, 0.15) is 27.5 Å². The fourth-order valence-corrected chi connectivity index (χ4v) is 3.97. The summed E-state index contributed by atoms with van der Waals surface area (Å²) in [4.78, 5) is 41.1. The van der Waals surface area contributed by atoms with E-state index in [0.29, 0.717) is 0 Å². The second-order valence-corrected chi connectivity index (χ2v) is 7.85. The molecule has 0 radical (unpaired) electrons. The van der Waals surface area contributed by atoms with Crippen molar-refractivity contribution in [3.63, 3.8) is 0 Å². The molecular formula is C24H24N4O7. The standard InChI is InChI=1S/C24H24N4O7/c1-28-11-19(21(26-28)22(29)27-35-20(13-33-2)23(30)31)25-24(32)34-12-18-16-9-5-3-7-14(16)15-8-4-6-10-17(15)18/h3-11,18,20H,12-13H2,1-2H3,(H,25,32)(H,27,29)(H,30,31). The van der Waals surface area contributed by atoms with Gasteiger partial charge in [-0.2, -0.15) is 5.10 Å². The molecule has 11 nitrogen and oxygen atoms in total. The van der Waals surface area contributed by atoms with Crippen LogP contribution in [0.4, 0.5) is 10.5 Å². The van der Waals surface area contributed by atoms with Crippen LogP contribution in [0.25, 0.3) is 11.1 Å². The van der Waals surface area contributed by atoms with Crippen molar-refractivity contribution in [3.05, 3.63) is 71.5 Å². The lowest BCUT2D eigenvalue weighted by Crippen LogP contribution is -2.37. The highest BCUT2D eigenvalue weighted by Gasteiger charge is 2.29. The number of rotatable bonds is 9. The lowest BCUT2D eigenvalue weighted by atomic mass is 9.98. The monoisotopic (exact) mass is 480 g/mol. The number of ether oxygens (including phenoxy) is 2. The van der Waals surface area contributed by atoms with Gasteiger partial charge in [-0.25, -0.2) is 15.1 Å². The topological polar surface area (TPSA) is 141 Å². The molecule has 0 spiro atoms. The molecule has 1 aliphatic rings. The van der Waals surface area contributed by atoms with Gasteiger partial charge in [0.25, 0.3) is 5.91 Å². The van der Waals surface area contributed by atoms with Gasteiger partial charge in [0.15, 0.2) is 5.69 Å². The molecule has 2 amide bonds. The summed E-state index contributed by atoms with van der Waals surface area (Å²) in [6.45, 7) is -0.176. The first kappa shape index (κ1) is 23.9. The number of nitrogens with zero attached hydrogens (tertiary/aromatic N) is 2. The number of anilines is 1. The van der Waals surface area contributed by atoms with E-state index >= 15 is 0 Å². The zero-order valence-electron chi connectivity index (χ0n) is 19.1. The molecule has 1 unspecified atom stereocenters. The molecule has 182 valence electrons. The number of fused-ring (bicyclic) bond motifs is 3. The number of amides is 2. The Labute approximate surface area is 200 Å². The van der Waals surface area contributed by atoms with Crippen molar-refractivity contribution in [2.75, 3.05) is 25.6 Å². The lowest BCUT2D eigenvalue weighted by Gasteiger charge is -2.15. The summed E-state index contributed by atoms with van der Waals surface area (Å²) < 4.78 is 11.6. The predicted molar refractivity (Wildman–Crippen MR) is 124 cm³/mol. The summed E-state index contributed by atoms with van der Waals surface area (Å²) in [6, 6.07) is 15.9. The molecule has 35 heavy (non-hydrogen) atoms. The first-order valence-electron chi connectivity index (χ1n) is 10.7. The number of hydrogen-bond donors (Lipinski definition) is 3. The number of benzene rings is 2. The molecule has 1 aliphatic carbocycles. The molecule has 4 rings (SSSR count). The Hall–Kier alpha value is -4.22. The Morgan fingerprint density at radius 1 is 1.09 bits per heavy atom. The molecule has 0 bridgehead atoms. The highest BCUT2D eigenvalue weighted by Crippen LogP contribution is 2.44. The number of nitrogens with one attached hydrogen (secondary N) is 2. The van der Waals surface area contributed by atoms with Crippen LogP contribution in [0.15, 0.2) is 54.7 Å². The maximum atomic E-state index is 12.6. The molecule has 3 N–H and O–H groups in total. The number of hydrogen-bond acceptors (Lipinski definition) is 7. The van der Waals surface area contributed by atoms with Crippen molar-refractivity contribution in [2.45, 2.75) is 12.0 Å². The number of aryl methyl sites for hydroxylation is 1. The van der Waals surface area contributed by atoms with Crippen LogP contribution in [0.5, 0.6) is 0 Å². The van der Waals surface area contributed by atoms with Crippen molar-refractivity contribution in [1.29, 1.82) is 0 Å². The normalized spacial score (nSPS) is 13.0. The zero-order valence-corrected chi connectivity index (χ0v) is 19.1. The minimum absolute atomic E-state index is 0.0736. The fraction of sp³-hybridized carbons (Fsp3) is 0.250. The highest BCUT2D eigenvalue weighted by atomic mass is 16.7. The maximum absolute atomic E-state index is 12.6. The molecule has 0 aliphatic heterocycles. The first-order chi connectivity index (χ1) is 16.9. The van der Waals surface area contributed by atoms with Gasteiger partial charge in [-0.1, -0.05) is 48.5 Å². The maximum Gasteiger partial charge on any atom is 0.411 e. The molecule has 1 atom stereocenters. The molecule has 1 aromatic heterocycles. The van der Waals surface area contributed by atoms with Gasteiger partial charge >= 0.3 is 12.1 Å². The van der Waals surface area contributed by atoms with E-state index in [4.69, 9.17) is 19.4 Å². The van der Waals surface area contributed by atoms with Crippen molar-refractivity contribution in [1.82, 2.24) is 15.3 Å². The Morgan fingerprint density at radius 2 is 1.71 bits per heavy atom. The highest BCUT2D eigenvalue weighted by molar-refractivity contribution is 6.00. The SMILES string of the molecule is COCC(ONC(=O)c1nn(C)cc1NC(=O)OCC1c2ccccc2-c2ccccc21)C(=O)O. The summed E-state index contributed by atoms with van der Waals surface area (Å²) in [5.41, 5.74) is 6.28. The van der Waals surface area contributed by atoms with Crippen LogP contribution >= 0.6 is 0 Å². The van der Waals surface area contributed by atoms with Gasteiger partial charge in [-0.05, 0) is 22.3 Å². The average Bonchev–Trinajstić information content (AvgIpc) is 3.37. The van der Waals surface area contributed by atoms with E-state index in [1.807, 2.05) is 54.0 Å². The second-order valence-electron chi connectivity index (χ2n) is 7.85. The number of carbonyl (C=O) groups is 3. The molecular weight excluding hydrogens is 456 g/mol. The van der Waals surface area contributed by atoms with Crippen molar-refractivity contribution < 1.29 is 33.8 Å². The smallest absolute Gasteiger partial charge is 0.411 e. The summed E-state index contributed by atoms with van der Waals surface area (Å²) in [6.07, 6.45) is -0.760. The van der Waals surface area contributed by atoms with E-state index in [1.54, 1.807) is 7.05 Å². The minimum Gasteiger partial charge on any atom is -0.479 e. The molecule has 2 aromatic carbocycles. The number of carboxylic acid groups (broad SMARTS) is 1. The average molecular weight is 480 g/mol. The Morgan fingerprint density at radius 3 is 2.31 bits per heavy atom. The molecule has 0 saturated heterocycles. The first-order valence-corrected chi connectivity index (χ1v) is 10.7. The van der Waals surface area contributed by atoms with Gasteiger partial charge in [0.1, 0.15) is 6.61 Å². The number of aliphatic carboxylic acids is 1. The summed E-state index contributed by atoms with van der Waals surface area (Å²) in [5.74, 6) is -2.28. The molecule has 1 heterocycles. The van der Waals surface area contributed by atoms with Crippen LogP contribution < -0.4 is 10.8 Å². The number of carbonyl (C=O) groups excluding carboxylic acids is 2. The quantitative estimate of drug-likeness (QED) is 0.397. The third kappa shape index (κ3) is 5.15. The lowest BCUT2D eigenvalue weighted by molar-refractivity contribution is -0.158. The summed E-state index contributed by atoms with van der Waals surface area (Å²) >= 11 is 0. The van der Waals surface area contributed by atoms with Crippen LogP contribution in [0, 0.1) is 0 Å². The van der Waals surface area contributed by atoms with Crippen molar-refractivity contribution >= 4 is 23.7 Å². The third-order valence-electron chi connectivity index (χ3n) is 5.51. The van der Waals surface area contributed by atoms with E-state index < -0.39 is 24.1 Å². The Balaban J connectivity index is 1.41. The van der Waals surface area contributed by atoms with Gasteiger partial charge in [0, 0.05) is 26.3 Å². The summed E-state index contributed by atoms with van der Waals surface area (Å²) in [5, 5.41) is 15.6. The second kappa shape index (κ2) is 10.4. The molecule has 0 saturated carbocycles. The molecule has 3 aromatic rings. The van der Waals surface area contributed by atoms with Gasteiger partial charge in [0.2, 0.25) is 6.10 Å². The number of aromatic nitrogens is 2. The van der Waals surface area contributed by atoms with Gasteiger partial charge in [-0.15, -0.1) is 0 Å². The third-order valence-corrected chi connectivity index (χ3v) is 5.51. The van der Waals surface area contributed by atoms with Crippen molar-refractivity contribution in [2.24, 2.45) is 7.05 Å². The van der Waals surface area contributed by atoms with Crippen LogP contribution in [-0.4, -0.2) is 59.3 Å². The van der Waals surface area contributed by atoms with Gasteiger partial charge in [-0.3, -0.25) is 19.6 Å². The van der Waals surface area contributed by atoms with Gasteiger partial charge < -0.3 is 14.6 Å². The summed E-state index contributed by atoms with van der Waals surface area (Å²) in [7, 11) is 2.86. The van der Waals surface area contributed by atoms with E-state index in [-0.39, 0.29) is 30.5 Å². The van der Waals surface area contributed by atoms with Gasteiger partial charge in [0.05, 0.1) is 12.3 Å². The molecule has 11 heteroatoms. The number of carboxylic acids is 1. The van der Waals surface area contributed by atoms with Crippen LogP contribution in [0.2, 0.25) is 0 Å². The number of methoxy groups -OCH3 is 1. The van der Waals surface area contributed by atoms with E-state index in [1.165, 1.54) is 18.0 Å². The zero-order chi connectivity index (χ0) is 24.9. The van der Waals surface area contributed by atoms with E-state index in [9.17, 15) is 14.4 Å². The number of hydroxylamine groups is 1. The molecule has 0 fully saturated rings. The largest absolute Gasteiger partial charge is 0.479 e. The van der Waals surface area contributed by atoms with Crippen molar-refractivity contribution in [3.8, 4) is 11.1 Å². The van der Waals surface area contributed by atoms with E-state index in [0.717, 1.165) is 22.3 Å². The van der Waals surface area contributed by atoms with Crippen LogP contribution in [-0.2, 0) is 26.2 Å². The minimum atomic E-state index is -1.41. The van der Waals surface area contributed by atoms with Crippen LogP contribution in [0.3, 0.4) is 0 Å². The predicted octanol–water partition coefficient (Wildman–Crippen LogP) is 2.54. The van der Waals surface area contributed by atoms with E-state index in [2.05, 4.69) is 10.4 Å². The fourth-order valence-electron chi connectivity index (χ4n) is 3.97. The Kier molecular flexibility index (Phi) is 7.09.